The van der Waals surface area contributed by atoms with Gasteiger partial charge in [-0.05, 0) is 12.5 Å². The molecule has 0 spiro atoms. The van der Waals surface area contributed by atoms with Crippen molar-refractivity contribution in [3.63, 3.8) is 0 Å². The standard InChI is InChI=1S/C11H18N2O/c1-3-4-5-7-12-10-6-8-13-11(10)9(2)14/h6,8,12-13H,3-5,7H2,1-2H3. The summed E-state index contributed by atoms with van der Waals surface area (Å²) in [6.45, 7) is 4.69. The van der Waals surface area contributed by atoms with Crippen molar-refractivity contribution in [2.75, 3.05) is 11.9 Å². The smallest absolute Gasteiger partial charge is 0.178 e. The molecule has 1 aromatic heterocycles. The number of aromatic amines is 1. The summed E-state index contributed by atoms with van der Waals surface area (Å²) < 4.78 is 0. The zero-order valence-corrected chi connectivity index (χ0v) is 8.89. The molecule has 0 atom stereocenters. The average Bonchev–Trinajstić information content (AvgIpc) is 2.60. The van der Waals surface area contributed by atoms with Gasteiger partial charge in [-0.1, -0.05) is 19.8 Å². The van der Waals surface area contributed by atoms with E-state index in [1.807, 2.05) is 6.07 Å². The highest BCUT2D eigenvalue weighted by Gasteiger charge is 2.06. The van der Waals surface area contributed by atoms with E-state index in [0.29, 0.717) is 5.69 Å². The average molecular weight is 194 g/mol. The molecule has 0 amide bonds. The second-order valence-electron chi connectivity index (χ2n) is 3.46. The summed E-state index contributed by atoms with van der Waals surface area (Å²) in [6, 6.07) is 1.91. The van der Waals surface area contributed by atoms with Crippen LogP contribution in [0.15, 0.2) is 12.3 Å². The minimum Gasteiger partial charge on any atom is -0.383 e. The van der Waals surface area contributed by atoms with Gasteiger partial charge in [0.1, 0.15) is 5.69 Å². The number of aromatic nitrogens is 1. The molecular formula is C11H18N2O. The molecule has 0 aliphatic carbocycles. The van der Waals surface area contributed by atoms with Crippen molar-refractivity contribution in [3.05, 3.63) is 18.0 Å². The van der Waals surface area contributed by atoms with Gasteiger partial charge in [0.25, 0.3) is 0 Å². The summed E-state index contributed by atoms with van der Waals surface area (Å²) in [5.41, 5.74) is 1.61. The maximum absolute atomic E-state index is 11.1. The Bertz CT molecular complexity index is 291. The second-order valence-corrected chi connectivity index (χ2v) is 3.46. The number of hydrogen-bond donors (Lipinski definition) is 2. The molecule has 0 aliphatic heterocycles. The van der Waals surface area contributed by atoms with E-state index in [4.69, 9.17) is 0 Å². The molecule has 0 unspecified atom stereocenters. The van der Waals surface area contributed by atoms with E-state index in [-0.39, 0.29) is 5.78 Å². The Morgan fingerprint density at radius 3 is 2.93 bits per heavy atom. The fourth-order valence-corrected chi connectivity index (χ4v) is 1.41. The van der Waals surface area contributed by atoms with Crippen molar-refractivity contribution < 1.29 is 4.79 Å². The Balaban J connectivity index is 2.42. The number of ketones is 1. The molecule has 1 heterocycles. The van der Waals surface area contributed by atoms with Gasteiger partial charge in [-0.3, -0.25) is 4.79 Å². The van der Waals surface area contributed by atoms with Crippen molar-refractivity contribution >= 4 is 11.5 Å². The number of Topliss-reactive ketones (excluding diaryl/α,β-unsaturated/α-hetero) is 1. The van der Waals surface area contributed by atoms with Crippen LogP contribution < -0.4 is 5.32 Å². The molecule has 0 aliphatic rings. The van der Waals surface area contributed by atoms with Crippen LogP contribution >= 0.6 is 0 Å². The lowest BCUT2D eigenvalue weighted by Crippen LogP contribution is -2.04. The number of nitrogens with one attached hydrogen (secondary N) is 2. The molecule has 1 aromatic rings. The molecule has 14 heavy (non-hydrogen) atoms. The summed E-state index contributed by atoms with van der Waals surface area (Å²) >= 11 is 0. The predicted octanol–water partition coefficient (Wildman–Crippen LogP) is 2.82. The SMILES string of the molecule is CCCCCNc1cc[nH]c1C(C)=O. The van der Waals surface area contributed by atoms with Crippen molar-refractivity contribution in [2.24, 2.45) is 0 Å². The fraction of sp³-hybridized carbons (Fsp3) is 0.545. The van der Waals surface area contributed by atoms with Crippen LogP contribution in [-0.4, -0.2) is 17.3 Å². The first-order valence-electron chi connectivity index (χ1n) is 5.18. The third-order valence-corrected chi connectivity index (χ3v) is 2.19. The first kappa shape index (κ1) is 10.8. The van der Waals surface area contributed by atoms with Gasteiger partial charge in [0.15, 0.2) is 5.78 Å². The zero-order valence-electron chi connectivity index (χ0n) is 8.89. The van der Waals surface area contributed by atoms with Crippen molar-refractivity contribution in [2.45, 2.75) is 33.1 Å². The highest BCUT2D eigenvalue weighted by molar-refractivity contribution is 5.97. The van der Waals surface area contributed by atoms with Crippen LogP contribution in [0, 0.1) is 0 Å². The van der Waals surface area contributed by atoms with Crippen molar-refractivity contribution in [3.8, 4) is 0 Å². The fourth-order valence-electron chi connectivity index (χ4n) is 1.41. The third kappa shape index (κ3) is 2.91. The van der Waals surface area contributed by atoms with E-state index >= 15 is 0 Å². The van der Waals surface area contributed by atoms with Crippen LogP contribution in [0.3, 0.4) is 0 Å². The second kappa shape index (κ2) is 5.47. The van der Waals surface area contributed by atoms with Crippen LogP contribution in [0.2, 0.25) is 0 Å². The molecule has 78 valence electrons. The number of carbonyl (C=O) groups excluding carboxylic acids is 1. The normalized spacial score (nSPS) is 10.1. The van der Waals surface area contributed by atoms with Gasteiger partial charge >= 0.3 is 0 Å². The van der Waals surface area contributed by atoms with Crippen LogP contribution in [0.25, 0.3) is 0 Å². The molecular weight excluding hydrogens is 176 g/mol. The van der Waals surface area contributed by atoms with E-state index in [0.717, 1.165) is 18.7 Å². The van der Waals surface area contributed by atoms with E-state index in [1.54, 1.807) is 13.1 Å². The summed E-state index contributed by atoms with van der Waals surface area (Å²) in [7, 11) is 0. The van der Waals surface area contributed by atoms with Crippen molar-refractivity contribution in [1.29, 1.82) is 0 Å². The molecule has 1 rings (SSSR count). The minimum atomic E-state index is 0.0768. The quantitative estimate of drug-likeness (QED) is 0.540. The largest absolute Gasteiger partial charge is 0.383 e. The van der Waals surface area contributed by atoms with Gasteiger partial charge in [-0.2, -0.15) is 0 Å². The topological polar surface area (TPSA) is 44.9 Å². The number of anilines is 1. The highest BCUT2D eigenvalue weighted by Crippen LogP contribution is 2.13. The van der Waals surface area contributed by atoms with E-state index in [9.17, 15) is 4.79 Å². The van der Waals surface area contributed by atoms with E-state index in [2.05, 4.69) is 17.2 Å². The van der Waals surface area contributed by atoms with Crippen LogP contribution in [0.5, 0.6) is 0 Å². The highest BCUT2D eigenvalue weighted by atomic mass is 16.1. The summed E-state index contributed by atoms with van der Waals surface area (Å²) in [4.78, 5) is 14.1. The predicted molar refractivity (Wildman–Crippen MR) is 58.8 cm³/mol. The van der Waals surface area contributed by atoms with E-state index < -0.39 is 0 Å². The molecule has 3 nitrogen and oxygen atoms in total. The summed E-state index contributed by atoms with van der Waals surface area (Å²) in [5.74, 6) is 0.0768. The van der Waals surface area contributed by atoms with Gasteiger partial charge in [0, 0.05) is 19.7 Å². The molecule has 0 aromatic carbocycles. The monoisotopic (exact) mass is 194 g/mol. The van der Waals surface area contributed by atoms with Crippen molar-refractivity contribution in [1.82, 2.24) is 4.98 Å². The maximum Gasteiger partial charge on any atom is 0.178 e. The van der Waals surface area contributed by atoms with E-state index in [1.165, 1.54) is 12.8 Å². The van der Waals surface area contributed by atoms with Crippen LogP contribution in [0.1, 0.15) is 43.6 Å². The number of hydrogen-bond acceptors (Lipinski definition) is 2. The minimum absolute atomic E-state index is 0.0768. The van der Waals surface area contributed by atoms with Gasteiger partial charge in [-0.15, -0.1) is 0 Å². The molecule has 0 fully saturated rings. The molecule has 0 radical (unpaired) electrons. The Hall–Kier alpha value is -1.25. The lowest BCUT2D eigenvalue weighted by Gasteiger charge is -2.04. The summed E-state index contributed by atoms with van der Waals surface area (Å²) in [6.07, 6.45) is 5.39. The van der Waals surface area contributed by atoms with Gasteiger partial charge < -0.3 is 10.3 Å². The molecule has 0 bridgehead atoms. The molecule has 0 saturated carbocycles. The molecule has 2 N–H and O–H groups in total. The first-order valence-corrected chi connectivity index (χ1v) is 5.18. The Kier molecular flexibility index (Phi) is 4.23. The van der Waals surface area contributed by atoms with Crippen LogP contribution in [0.4, 0.5) is 5.69 Å². The number of rotatable bonds is 6. The zero-order chi connectivity index (χ0) is 10.4. The van der Waals surface area contributed by atoms with Gasteiger partial charge in [0.05, 0.1) is 5.69 Å². The Morgan fingerprint density at radius 2 is 2.29 bits per heavy atom. The maximum atomic E-state index is 11.1. The van der Waals surface area contributed by atoms with Crippen LogP contribution in [-0.2, 0) is 0 Å². The summed E-state index contributed by atoms with van der Waals surface area (Å²) in [5, 5.41) is 3.26. The van der Waals surface area contributed by atoms with Gasteiger partial charge in [0.2, 0.25) is 0 Å². The Morgan fingerprint density at radius 1 is 1.50 bits per heavy atom. The number of unbranched alkanes of at least 4 members (excludes halogenated alkanes) is 2. The molecule has 3 heteroatoms. The third-order valence-electron chi connectivity index (χ3n) is 2.19. The number of H-pyrrole nitrogens is 1. The first-order chi connectivity index (χ1) is 6.75. The van der Waals surface area contributed by atoms with Gasteiger partial charge in [-0.25, -0.2) is 0 Å². The lowest BCUT2D eigenvalue weighted by molar-refractivity contribution is 0.101. The molecule has 0 saturated heterocycles. The number of carbonyl (C=O) groups is 1. The Labute approximate surface area is 84.9 Å². The lowest BCUT2D eigenvalue weighted by atomic mass is 10.2.